The van der Waals surface area contributed by atoms with E-state index >= 15 is 0 Å². The summed E-state index contributed by atoms with van der Waals surface area (Å²) in [7, 11) is 2.15. The number of anilines is 1. The minimum absolute atomic E-state index is 0.288. The van der Waals surface area contributed by atoms with Crippen LogP contribution in [0.3, 0.4) is 0 Å². The van der Waals surface area contributed by atoms with Gasteiger partial charge in [-0.1, -0.05) is 18.2 Å². The normalized spacial score (nSPS) is 17.8. The van der Waals surface area contributed by atoms with E-state index in [1.54, 1.807) is 18.5 Å². The number of pyridine rings is 1. The molecule has 0 aliphatic carbocycles. The van der Waals surface area contributed by atoms with Crippen molar-refractivity contribution < 1.29 is 9.90 Å². The molecule has 0 unspecified atom stereocenters. The summed E-state index contributed by atoms with van der Waals surface area (Å²) >= 11 is 0. The Balaban J connectivity index is 1.36. The van der Waals surface area contributed by atoms with Gasteiger partial charge >= 0.3 is 5.97 Å². The SMILES string of the molecule is Cc1cc(N2CCC2)ccc1-c1ccc2c(c1)CN(C)[C@H]2CCc1cnccc1C(=O)O. The van der Waals surface area contributed by atoms with E-state index in [2.05, 4.69) is 65.2 Å². The van der Waals surface area contributed by atoms with Crippen LogP contribution < -0.4 is 4.90 Å². The number of benzene rings is 2. The van der Waals surface area contributed by atoms with Crippen molar-refractivity contribution >= 4 is 11.7 Å². The highest BCUT2D eigenvalue weighted by Crippen LogP contribution is 2.39. The van der Waals surface area contributed by atoms with Gasteiger partial charge in [0.25, 0.3) is 0 Å². The predicted molar refractivity (Wildman–Crippen MR) is 127 cm³/mol. The van der Waals surface area contributed by atoms with E-state index in [9.17, 15) is 9.90 Å². The van der Waals surface area contributed by atoms with E-state index in [1.807, 2.05) is 0 Å². The van der Waals surface area contributed by atoms with Crippen LogP contribution in [0.2, 0.25) is 0 Å². The zero-order valence-electron chi connectivity index (χ0n) is 18.7. The van der Waals surface area contributed by atoms with Crippen LogP contribution in [0.15, 0.2) is 54.9 Å². The van der Waals surface area contributed by atoms with Gasteiger partial charge in [0, 0.05) is 43.8 Å². The van der Waals surface area contributed by atoms with Gasteiger partial charge in [0.1, 0.15) is 0 Å². The van der Waals surface area contributed by atoms with E-state index < -0.39 is 5.97 Å². The smallest absolute Gasteiger partial charge is 0.336 e. The van der Waals surface area contributed by atoms with E-state index in [4.69, 9.17) is 0 Å². The molecule has 2 aromatic carbocycles. The maximum atomic E-state index is 11.5. The molecule has 3 heterocycles. The van der Waals surface area contributed by atoms with Gasteiger partial charge in [-0.3, -0.25) is 9.88 Å². The highest BCUT2D eigenvalue weighted by Gasteiger charge is 2.28. The van der Waals surface area contributed by atoms with Crippen LogP contribution in [0.4, 0.5) is 5.69 Å². The molecule has 5 heteroatoms. The highest BCUT2D eigenvalue weighted by molar-refractivity contribution is 5.89. The summed E-state index contributed by atoms with van der Waals surface area (Å²) in [6.45, 7) is 5.45. The molecule has 1 aromatic heterocycles. The molecule has 5 nitrogen and oxygen atoms in total. The van der Waals surface area contributed by atoms with Gasteiger partial charge in [0.15, 0.2) is 0 Å². The number of carbonyl (C=O) groups is 1. The Hall–Kier alpha value is -3.18. The van der Waals surface area contributed by atoms with Crippen LogP contribution in [0.25, 0.3) is 11.1 Å². The van der Waals surface area contributed by atoms with E-state index in [0.29, 0.717) is 12.0 Å². The fourth-order valence-electron chi connectivity index (χ4n) is 5.10. The van der Waals surface area contributed by atoms with E-state index in [1.165, 1.54) is 53.0 Å². The van der Waals surface area contributed by atoms with E-state index in [0.717, 1.165) is 18.5 Å². The number of hydrogen-bond donors (Lipinski definition) is 1. The van der Waals surface area contributed by atoms with Crippen molar-refractivity contribution in [1.29, 1.82) is 0 Å². The van der Waals surface area contributed by atoms with Crippen LogP contribution in [0, 0.1) is 6.92 Å². The summed E-state index contributed by atoms with van der Waals surface area (Å²) in [5, 5.41) is 9.45. The number of nitrogens with zero attached hydrogens (tertiary/aromatic N) is 3. The van der Waals surface area contributed by atoms with Gasteiger partial charge in [-0.25, -0.2) is 4.79 Å². The molecule has 1 N–H and O–H groups in total. The molecular weight excluding hydrogens is 398 g/mol. The lowest BCUT2D eigenvalue weighted by atomic mass is 9.93. The Morgan fingerprint density at radius 2 is 2.00 bits per heavy atom. The molecule has 164 valence electrons. The quantitative estimate of drug-likeness (QED) is 0.594. The highest BCUT2D eigenvalue weighted by atomic mass is 16.4. The third-order valence-electron chi connectivity index (χ3n) is 7.02. The van der Waals surface area contributed by atoms with Crippen LogP contribution in [0.5, 0.6) is 0 Å². The number of aromatic carboxylic acids is 1. The number of aromatic nitrogens is 1. The van der Waals surface area contributed by atoms with Crippen molar-refractivity contribution in [2.24, 2.45) is 0 Å². The van der Waals surface area contributed by atoms with Gasteiger partial charge in [-0.15, -0.1) is 0 Å². The first kappa shape index (κ1) is 20.7. The van der Waals surface area contributed by atoms with Gasteiger partial charge in [0.05, 0.1) is 5.56 Å². The largest absolute Gasteiger partial charge is 0.478 e. The van der Waals surface area contributed by atoms with Crippen LogP contribution in [0.1, 0.15) is 51.5 Å². The molecule has 1 fully saturated rings. The van der Waals surface area contributed by atoms with Crippen molar-refractivity contribution in [2.45, 2.75) is 38.8 Å². The van der Waals surface area contributed by atoms with Gasteiger partial charge in [-0.2, -0.15) is 0 Å². The maximum absolute atomic E-state index is 11.5. The van der Waals surface area contributed by atoms with Gasteiger partial charge in [0.2, 0.25) is 0 Å². The number of hydrogen-bond acceptors (Lipinski definition) is 4. The summed E-state index contributed by atoms with van der Waals surface area (Å²) in [5.41, 5.74) is 9.09. The first-order chi connectivity index (χ1) is 15.5. The fourth-order valence-corrected chi connectivity index (χ4v) is 5.10. The lowest BCUT2D eigenvalue weighted by Gasteiger charge is -2.33. The minimum atomic E-state index is -0.886. The maximum Gasteiger partial charge on any atom is 0.336 e. The van der Waals surface area contributed by atoms with Crippen molar-refractivity contribution in [1.82, 2.24) is 9.88 Å². The molecule has 0 bridgehead atoms. The summed E-state index contributed by atoms with van der Waals surface area (Å²) in [5.74, 6) is -0.886. The third kappa shape index (κ3) is 3.78. The van der Waals surface area contributed by atoms with Crippen molar-refractivity contribution in [3.63, 3.8) is 0 Å². The lowest BCUT2D eigenvalue weighted by Crippen LogP contribution is -2.36. The summed E-state index contributed by atoms with van der Waals surface area (Å²) in [6, 6.07) is 15.5. The van der Waals surface area contributed by atoms with Crippen molar-refractivity contribution in [3.05, 3.63) is 82.7 Å². The Labute approximate surface area is 189 Å². The number of carboxylic acid groups (broad SMARTS) is 1. The Bertz CT molecular complexity index is 1170. The Morgan fingerprint density at radius 1 is 1.16 bits per heavy atom. The second-order valence-electron chi connectivity index (χ2n) is 9.06. The number of fused-ring (bicyclic) bond motifs is 1. The fraction of sp³-hybridized carbons (Fsp3) is 0.333. The van der Waals surface area contributed by atoms with Crippen LogP contribution in [-0.4, -0.2) is 41.1 Å². The molecular formula is C27H29N3O2. The Morgan fingerprint density at radius 3 is 2.72 bits per heavy atom. The number of rotatable bonds is 6. The molecule has 0 spiro atoms. The van der Waals surface area contributed by atoms with Crippen LogP contribution in [-0.2, 0) is 13.0 Å². The first-order valence-corrected chi connectivity index (χ1v) is 11.4. The second kappa shape index (κ2) is 8.40. The molecule has 32 heavy (non-hydrogen) atoms. The van der Waals surface area contributed by atoms with Crippen LogP contribution >= 0.6 is 0 Å². The second-order valence-corrected chi connectivity index (χ2v) is 9.06. The third-order valence-corrected chi connectivity index (χ3v) is 7.02. The van der Waals surface area contributed by atoms with Gasteiger partial charge < -0.3 is 10.0 Å². The standard InChI is InChI=1S/C27H29N3O2/c1-18-14-22(30-12-3-13-30)6-8-23(18)19-4-7-24-21(15-19)17-29(2)26(24)9-5-20-16-28-11-10-25(20)27(31)32/h4,6-8,10-11,14-16,26H,3,5,9,12-13,17H2,1-2H3,(H,31,32)/t26-/m0/s1. The molecule has 1 saturated heterocycles. The number of aryl methyl sites for hydroxylation is 2. The summed E-state index contributed by atoms with van der Waals surface area (Å²) in [4.78, 5) is 20.4. The monoisotopic (exact) mass is 427 g/mol. The first-order valence-electron chi connectivity index (χ1n) is 11.4. The zero-order chi connectivity index (χ0) is 22.2. The van der Waals surface area contributed by atoms with Crippen molar-refractivity contribution in [2.75, 3.05) is 25.0 Å². The Kier molecular flexibility index (Phi) is 5.43. The predicted octanol–water partition coefficient (Wildman–Crippen LogP) is 5.08. The molecule has 5 rings (SSSR count). The van der Waals surface area contributed by atoms with Gasteiger partial charge in [-0.05, 0) is 90.9 Å². The molecule has 1 atom stereocenters. The minimum Gasteiger partial charge on any atom is -0.478 e. The topological polar surface area (TPSA) is 56.7 Å². The summed E-state index contributed by atoms with van der Waals surface area (Å²) < 4.78 is 0. The summed E-state index contributed by atoms with van der Waals surface area (Å²) in [6.07, 6.45) is 6.10. The molecule has 0 saturated carbocycles. The average molecular weight is 428 g/mol. The molecule has 0 amide bonds. The lowest BCUT2D eigenvalue weighted by molar-refractivity contribution is 0.0695. The van der Waals surface area contributed by atoms with Crippen molar-refractivity contribution in [3.8, 4) is 11.1 Å². The van der Waals surface area contributed by atoms with E-state index in [-0.39, 0.29) is 6.04 Å². The molecule has 0 radical (unpaired) electrons. The number of carboxylic acids is 1. The molecule has 3 aromatic rings. The molecule has 2 aliphatic heterocycles. The average Bonchev–Trinajstić information content (AvgIpc) is 3.05. The molecule has 2 aliphatic rings. The zero-order valence-corrected chi connectivity index (χ0v) is 18.7.